The van der Waals surface area contributed by atoms with Gasteiger partial charge >= 0.3 is 0 Å². The van der Waals surface area contributed by atoms with Crippen LogP contribution in [0.25, 0.3) is 0 Å². The zero-order chi connectivity index (χ0) is 19.8. The number of halogens is 1. The number of hydrogen-bond donors (Lipinski definition) is 0. The van der Waals surface area contributed by atoms with E-state index in [-0.39, 0.29) is 5.83 Å². The van der Waals surface area contributed by atoms with Gasteiger partial charge in [-0.25, -0.2) is 14.4 Å². The number of aromatic nitrogens is 2. The van der Waals surface area contributed by atoms with Crippen LogP contribution in [0.15, 0.2) is 70.6 Å². The molecule has 0 saturated carbocycles. The fourth-order valence-electron chi connectivity index (χ4n) is 2.50. The number of allylic oxidation sites excluding steroid dienone is 3. The fraction of sp³-hybridized carbons (Fsp3) is 0.333. The molecular formula is C21H26FN5. The second kappa shape index (κ2) is 9.71. The number of aliphatic imine (C=N–C) groups is 1. The molecule has 0 bridgehead atoms. The van der Waals surface area contributed by atoms with E-state index in [0.29, 0.717) is 23.7 Å². The molecule has 0 aliphatic carbocycles. The van der Waals surface area contributed by atoms with Crippen LogP contribution in [0, 0.1) is 5.92 Å². The Kier molecular flexibility index (Phi) is 7.34. The highest BCUT2D eigenvalue weighted by molar-refractivity contribution is 6.08. The van der Waals surface area contributed by atoms with Crippen LogP contribution in [-0.4, -0.2) is 34.0 Å². The largest absolute Gasteiger partial charge is 0.272 e. The lowest BCUT2D eigenvalue weighted by Crippen LogP contribution is -2.23. The molecule has 27 heavy (non-hydrogen) atoms. The van der Waals surface area contributed by atoms with Gasteiger partial charge in [-0.15, -0.1) is 0 Å². The smallest absolute Gasteiger partial charge is 0.128 e. The summed E-state index contributed by atoms with van der Waals surface area (Å²) >= 11 is 0. The molecule has 2 heterocycles. The quantitative estimate of drug-likeness (QED) is 0.498. The molecule has 0 amide bonds. The molecule has 0 spiro atoms. The minimum absolute atomic E-state index is 0.308. The Bertz CT molecular complexity index is 798. The monoisotopic (exact) mass is 367 g/mol. The minimum atomic E-state index is -0.308. The van der Waals surface area contributed by atoms with Gasteiger partial charge in [-0.3, -0.25) is 10.0 Å². The summed E-state index contributed by atoms with van der Waals surface area (Å²) in [5.41, 5.74) is 2.89. The summed E-state index contributed by atoms with van der Waals surface area (Å²) in [6.07, 6.45) is 12.2. The van der Waals surface area contributed by atoms with Gasteiger partial charge < -0.3 is 0 Å². The van der Waals surface area contributed by atoms with Crippen LogP contribution < -0.4 is 0 Å². The van der Waals surface area contributed by atoms with Crippen LogP contribution in [0.2, 0.25) is 0 Å². The van der Waals surface area contributed by atoms with E-state index in [0.717, 1.165) is 29.9 Å². The van der Waals surface area contributed by atoms with Gasteiger partial charge in [0.2, 0.25) is 0 Å². The predicted octanol–water partition coefficient (Wildman–Crippen LogP) is 4.61. The van der Waals surface area contributed by atoms with Crippen molar-refractivity contribution in [3.63, 3.8) is 0 Å². The van der Waals surface area contributed by atoms with Gasteiger partial charge in [-0.05, 0) is 43.4 Å². The van der Waals surface area contributed by atoms with Crippen LogP contribution in [-0.2, 0) is 6.42 Å². The van der Waals surface area contributed by atoms with Gasteiger partial charge in [0.15, 0.2) is 0 Å². The zero-order valence-corrected chi connectivity index (χ0v) is 16.2. The van der Waals surface area contributed by atoms with Gasteiger partial charge in [0.05, 0.1) is 23.8 Å². The summed E-state index contributed by atoms with van der Waals surface area (Å²) < 4.78 is 13.3. The Morgan fingerprint density at radius 3 is 2.63 bits per heavy atom. The van der Waals surface area contributed by atoms with Crippen molar-refractivity contribution in [2.75, 3.05) is 6.54 Å². The van der Waals surface area contributed by atoms with Crippen molar-refractivity contribution in [1.29, 1.82) is 0 Å². The average molecular weight is 367 g/mol. The van der Waals surface area contributed by atoms with Gasteiger partial charge in [-0.2, -0.15) is 5.10 Å². The minimum Gasteiger partial charge on any atom is -0.272 e. The van der Waals surface area contributed by atoms with Crippen molar-refractivity contribution >= 4 is 12.4 Å². The topological polar surface area (TPSA) is 53.7 Å². The first kappa shape index (κ1) is 20.4. The number of hydrogen-bond acceptors (Lipinski definition) is 5. The Morgan fingerprint density at radius 2 is 2.04 bits per heavy atom. The van der Waals surface area contributed by atoms with Gasteiger partial charge in [0.25, 0.3) is 0 Å². The average Bonchev–Trinajstić information content (AvgIpc) is 2.64. The van der Waals surface area contributed by atoms with Crippen molar-refractivity contribution < 1.29 is 4.39 Å². The van der Waals surface area contributed by atoms with E-state index in [1.54, 1.807) is 17.4 Å². The summed E-state index contributed by atoms with van der Waals surface area (Å²) in [5.74, 6) is 1.08. The molecule has 1 aliphatic heterocycles. The lowest BCUT2D eigenvalue weighted by molar-refractivity contribution is 0.409. The lowest BCUT2D eigenvalue weighted by atomic mass is 10.0. The molecule has 0 N–H and O–H groups in total. The van der Waals surface area contributed by atoms with Crippen LogP contribution in [0.3, 0.4) is 0 Å². The molecule has 0 saturated heterocycles. The molecule has 2 rings (SSSR count). The zero-order valence-electron chi connectivity index (χ0n) is 16.2. The second-order valence-electron chi connectivity index (χ2n) is 6.59. The molecule has 6 heteroatoms. The van der Waals surface area contributed by atoms with Crippen LogP contribution in [0.4, 0.5) is 4.39 Å². The molecule has 0 fully saturated rings. The Balaban J connectivity index is 2.20. The number of nitrogens with zero attached hydrogens (tertiary/aromatic N) is 5. The number of rotatable bonds is 8. The molecule has 1 aliphatic rings. The van der Waals surface area contributed by atoms with E-state index >= 15 is 0 Å². The molecule has 1 aromatic rings. The van der Waals surface area contributed by atoms with E-state index in [2.05, 4.69) is 47.2 Å². The van der Waals surface area contributed by atoms with Crippen molar-refractivity contribution in [2.24, 2.45) is 16.0 Å². The van der Waals surface area contributed by atoms with Crippen molar-refractivity contribution in [1.82, 2.24) is 15.0 Å². The normalized spacial score (nSPS) is 16.4. The highest BCUT2D eigenvalue weighted by Crippen LogP contribution is 2.18. The summed E-state index contributed by atoms with van der Waals surface area (Å²) in [6, 6.07) is 0. The second-order valence-corrected chi connectivity index (χ2v) is 6.59. The van der Waals surface area contributed by atoms with Crippen LogP contribution in [0.1, 0.15) is 38.6 Å². The number of hydrazone groups is 1. The maximum Gasteiger partial charge on any atom is 0.128 e. The van der Waals surface area contributed by atoms with E-state index < -0.39 is 0 Å². The van der Waals surface area contributed by atoms with E-state index in [1.165, 1.54) is 19.2 Å². The molecule has 142 valence electrons. The summed E-state index contributed by atoms with van der Waals surface area (Å²) in [7, 11) is 0. The third-order valence-electron chi connectivity index (χ3n) is 4.20. The lowest BCUT2D eigenvalue weighted by Gasteiger charge is -2.24. The van der Waals surface area contributed by atoms with Gasteiger partial charge in [0, 0.05) is 30.6 Å². The van der Waals surface area contributed by atoms with Crippen LogP contribution in [0.5, 0.6) is 0 Å². The molecule has 1 aromatic heterocycles. The first-order chi connectivity index (χ1) is 12.9. The third-order valence-corrected chi connectivity index (χ3v) is 4.20. The molecule has 0 radical (unpaired) electrons. The summed E-state index contributed by atoms with van der Waals surface area (Å²) in [6.45, 7) is 13.5. The van der Waals surface area contributed by atoms with Gasteiger partial charge in [-0.1, -0.05) is 26.8 Å². The Morgan fingerprint density at radius 1 is 1.33 bits per heavy atom. The van der Waals surface area contributed by atoms with E-state index in [4.69, 9.17) is 0 Å². The molecule has 0 unspecified atom stereocenters. The highest BCUT2D eigenvalue weighted by atomic mass is 19.1. The maximum absolute atomic E-state index is 13.3. The molecule has 5 nitrogen and oxygen atoms in total. The SMILES string of the molecule is C=N/C=C(\C=C(/C)F)CN1N=C(c2cnc(C[C@@H](C)CC)nc2)C=CC1=C. The third kappa shape index (κ3) is 6.09. The highest BCUT2D eigenvalue weighted by Gasteiger charge is 2.14. The Labute approximate surface area is 160 Å². The molecule has 1 atom stereocenters. The standard InChI is InChI=1S/C21H26FN5/c1-6-15(2)9-21-24-12-19(13-25-21)20-8-7-17(4)27(26-20)14-18(11-23-5)10-16(3)22/h7-8,10-13,15H,4-6,9,14H2,1-3H3/b16-10+,18-11+/t15-/m0/s1. The molecular weight excluding hydrogens is 341 g/mol. The maximum atomic E-state index is 13.3. The van der Waals surface area contributed by atoms with E-state index in [9.17, 15) is 4.39 Å². The first-order valence-electron chi connectivity index (χ1n) is 8.96. The Hall–Kier alpha value is -2.89. The molecule has 0 aromatic carbocycles. The summed E-state index contributed by atoms with van der Waals surface area (Å²) in [4.78, 5) is 12.6. The van der Waals surface area contributed by atoms with Crippen molar-refractivity contribution in [3.05, 3.63) is 71.9 Å². The van der Waals surface area contributed by atoms with Gasteiger partial charge in [0.1, 0.15) is 5.82 Å². The van der Waals surface area contributed by atoms with Crippen molar-refractivity contribution in [3.8, 4) is 0 Å². The van der Waals surface area contributed by atoms with Crippen molar-refractivity contribution in [2.45, 2.75) is 33.6 Å². The van der Waals surface area contributed by atoms with Crippen LogP contribution >= 0.6 is 0 Å². The van der Waals surface area contributed by atoms with E-state index in [1.807, 2.05) is 12.2 Å². The first-order valence-corrected chi connectivity index (χ1v) is 8.96. The summed E-state index contributed by atoms with van der Waals surface area (Å²) in [5, 5.41) is 6.29. The predicted molar refractivity (Wildman–Crippen MR) is 109 cm³/mol. The fourth-order valence-corrected chi connectivity index (χ4v) is 2.50.